The molecule has 2 aliphatic rings. The highest BCUT2D eigenvalue weighted by atomic mass is 35.5. The Labute approximate surface area is 169 Å². The number of alkyl halides is 3. The lowest BCUT2D eigenvalue weighted by Crippen LogP contribution is -2.44. The van der Waals surface area contributed by atoms with Crippen LogP contribution in [-0.4, -0.2) is 62.4 Å². The fourth-order valence-electron chi connectivity index (χ4n) is 3.51. The van der Waals surface area contributed by atoms with Gasteiger partial charge in [-0.15, -0.1) is 0 Å². The van der Waals surface area contributed by atoms with Crippen LogP contribution >= 0.6 is 11.6 Å². The predicted molar refractivity (Wildman–Crippen MR) is 106 cm³/mol. The Bertz CT molecular complexity index is 725. The molecule has 1 unspecified atom stereocenters. The molecule has 1 heterocycles. The van der Waals surface area contributed by atoms with Crippen molar-refractivity contribution in [3.05, 3.63) is 52.6 Å². The number of nitrogens with zero attached hydrogens (tertiary/aromatic N) is 2. The van der Waals surface area contributed by atoms with E-state index in [9.17, 15) is 13.2 Å². The van der Waals surface area contributed by atoms with E-state index in [1.54, 1.807) is 12.1 Å². The van der Waals surface area contributed by atoms with Crippen LogP contribution in [-0.2, 0) is 0 Å². The first kappa shape index (κ1) is 21.2. The van der Waals surface area contributed by atoms with E-state index in [1.807, 2.05) is 12.1 Å². The van der Waals surface area contributed by atoms with E-state index in [-0.39, 0.29) is 12.3 Å². The molecule has 0 amide bonds. The van der Waals surface area contributed by atoms with Crippen molar-refractivity contribution in [3.63, 3.8) is 0 Å². The molecule has 7 heteroatoms. The third-order valence-electron chi connectivity index (χ3n) is 5.28. The lowest BCUT2D eigenvalue weighted by Gasteiger charge is -2.32. The Morgan fingerprint density at radius 1 is 1.18 bits per heavy atom. The lowest BCUT2D eigenvalue weighted by molar-refractivity contribution is -0.0886. The minimum Gasteiger partial charge on any atom is -0.493 e. The molecule has 0 radical (unpaired) electrons. The molecule has 1 aliphatic heterocycles. The van der Waals surface area contributed by atoms with Crippen LogP contribution in [0.2, 0.25) is 5.02 Å². The minimum atomic E-state index is -4.30. The highest BCUT2D eigenvalue weighted by Gasteiger charge is 2.33. The number of hydrogen-bond acceptors (Lipinski definition) is 3. The number of rotatable bonds is 6. The third-order valence-corrected chi connectivity index (χ3v) is 5.61. The summed E-state index contributed by atoms with van der Waals surface area (Å²) in [6.07, 6.45) is 0.862. The van der Waals surface area contributed by atoms with Gasteiger partial charge in [-0.05, 0) is 37.6 Å². The third kappa shape index (κ3) is 5.75. The van der Waals surface area contributed by atoms with Gasteiger partial charge in [0.15, 0.2) is 0 Å². The Morgan fingerprint density at radius 3 is 2.54 bits per heavy atom. The quantitative estimate of drug-likeness (QED) is 0.616. The second-order valence-corrected chi connectivity index (χ2v) is 7.80. The van der Waals surface area contributed by atoms with Crippen LogP contribution in [0.5, 0.6) is 5.75 Å². The summed E-state index contributed by atoms with van der Waals surface area (Å²) in [5.41, 5.74) is 0.223. The Hall–Kier alpha value is -1.50. The van der Waals surface area contributed by atoms with Crippen LogP contribution < -0.4 is 4.74 Å². The number of piperazine rings is 1. The molecular formula is C21H26ClF3N2O. The van der Waals surface area contributed by atoms with Crippen molar-refractivity contribution in [3.8, 4) is 5.75 Å². The number of ether oxygens (including phenoxy) is 1. The van der Waals surface area contributed by atoms with Crippen molar-refractivity contribution >= 4 is 11.6 Å². The van der Waals surface area contributed by atoms with E-state index in [0.717, 1.165) is 50.8 Å². The van der Waals surface area contributed by atoms with Gasteiger partial charge in [0.25, 0.3) is 0 Å². The molecular weight excluding hydrogens is 389 g/mol. The Balaban J connectivity index is 1.47. The van der Waals surface area contributed by atoms with Crippen molar-refractivity contribution in [1.82, 2.24) is 9.80 Å². The number of hydrogen-bond donors (Lipinski definition) is 0. The minimum absolute atomic E-state index is 0.148. The number of allylic oxidation sites excluding steroid dienone is 4. The SMILES string of the molecule is CN1CCN(CCCOc2ccc(C3C=CC(C(F)(F)F)=CC3)c(Cl)c2)CC1. The topological polar surface area (TPSA) is 15.7 Å². The molecule has 1 atom stereocenters. The Morgan fingerprint density at radius 2 is 1.93 bits per heavy atom. The molecule has 154 valence electrons. The molecule has 0 N–H and O–H groups in total. The summed E-state index contributed by atoms with van der Waals surface area (Å²) >= 11 is 6.37. The van der Waals surface area contributed by atoms with Gasteiger partial charge in [0, 0.05) is 43.7 Å². The van der Waals surface area contributed by atoms with Gasteiger partial charge in [-0.25, -0.2) is 0 Å². The molecule has 1 aliphatic carbocycles. The maximum Gasteiger partial charge on any atom is 0.416 e. The lowest BCUT2D eigenvalue weighted by atomic mass is 9.90. The van der Waals surface area contributed by atoms with Crippen LogP contribution in [0, 0.1) is 0 Å². The van der Waals surface area contributed by atoms with Crippen LogP contribution in [0.1, 0.15) is 24.3 Å². The second kappa shape index (κ2) is 9.33. The monoisotopic (exact) mass is 414 g/mol. The molecule has 1 aromatic rings. The molecule has 0 spiro atoms. The summed E-state index contributed by atoms with van der Waals surface area (Å²) in [6, 6.07) is 5.44. The van der Waals surface area contributed by atoms with Crippen molar-refractivity contribution in [1.29, 1.82) is 0 Å². The molecule has 3 rings (SSSR count). The molecule has 28 heavy (non-hydrogen) atoms. The molecule has 1 saturated heterocycles. The zero-order valence-corrected chi connectivity index (χ0v) is 16.8. The van der Waals surface area contributed by atoms with Gasteiger partial charge in [0.2, 0.25) is 0 Å². The first-order chi connectivity index (χ1) is 13.3. The number of likely N-dealkylation sites (N-methyl/N-ethyl adjacent to an activating group) is 1. The average Bonchev–Trinajstić information content (AvgIpc) is 2.66. The summed E-state index contributed by atoms with van der Waals surface area (Å²) in [7, 11) is 2.14. The van der Waals surface area contributed by atoms with Crippen molar-refractivity contribution in [2.45, 2.75) is 24.9 Å². The average molecular weight is 415 g/mol. The van der Waals surface area contributed by atoms with Gasteiger partial charge < -0.3 is 14.5 Å². The molecule has 1 aromatic carbocycles. The largest absolute Gasteiger partial charge is 0.493 e. The summed E-state index contributed by atoms with van der Waals surface area (Å²) in [5.74, 6) is 0.545. The van der Waals surface area contributed by atoms with Crippen molar-refractivity contribution < 1.29 is 17.9 Å². The first-order valence-electron chi connectivity index (χ1n) is 9.61. The van der Waals surface area contributed by atoms with E-state index >= 15 is 0 Å². The summed E-state index contributed by atoms with van der Waals surface area (Å²) < 4.78 is 44.0. The first-order valence-corrected chi connectivity index (χ1v) is 9.99. The maximum absolute atomic E-state index is 12.7. The summed E-state index contributed by atoms with van der Waals surface area (Å²) in [5, 5.41) is 0.523. The van der Waals surface area contributed by atoms with E-state index in [2.05, 4.69) is 16.8 Å². The van der Waals surface area contributed by atoms with Gasteiger partial charge in [-0.2, -0.15) is 13.2 Å². The smallest absolute Gasteiger partial charge is 0.416 e. The maximum atomic E-state index is 12.7. The van der Waals surface area contributed by atoms with E-state index in [4.69, 9.17) is 16.3 Å². The molecule has 3 nitrogen and oxygen atoms in total. The van der Waals surface area contributed by atoms with E-state index in [1.165, 1.54) is 6.08 Å². The van der Waals surface area contributed by atoms with Crippen LogP contribution in [0.15, 0.2) is 42.0 Å². The van der Waals surface area contributed by atoms with Crippen LogP contribution in [0.25, 0.3) is 0 Å². The van der Waals surface area contributed by atoms with E-state index in [0.29, 0.717) is 17.4 Å². The fraction of sp³-hybridized carbons (Fsp3) is 0.524. The van der Waals surface area contributed by atoms with Gasteiger partial charge in [-0.1, -0.05) is 35.9 Å². The van der Waals surface area contributed by atoms with Crippen LogP contribution in [0.3, 0.4) is 0 Å². The molecule has 0 aromatic heterocycles. The van der Waals surface area contributed by atoms with Gasteiger partial charge in [0.1, 0.15) is 5.75 Å². The van der Waals surface area contributed by atoms with Crippen molar-refractivity contribution in [2.75, 3.05) is 46.4 Å². The Kier molecular flexibility index (Phi) is 7.07. The van der Waals surface area contributed by atoms with Gasteiger partial charge in [-0.3, -0.25) is 0 Å². The highest BCUT2D eigenvalue weighted by Crippen LogP contribution is 2.37. The zero-order chi connectivity index (χ0) is 20.1. The standard InChI is InChI=1S/C21H26ClF3N2O/c1-26-10-12-27(13-11-26)9-2-14-28-18-7-8-19(20(22)15-18)16-3-5-17(6-4-16)21(23,24)25/h3,5-8,15-16H,2,4,9-14H2,1H3. The summed E-state index contributed by atoms with van der Waals surface area (Å²) in [6.45, 7) is 6.02. The fourth-order valence-corrected chi connectivity index (χ4v) is 3.82. The van der Waals surface area contributed by atoms with Crippen molar-refractivity contribution in [2.24, 2.45) is 0 Å². The second-order valence-electron chi connectivity index (χ2n) is 7.39. The predicted octanol–water partition coefficient (Wildman–Crippen LogP) is 4.89. The molecule has 0 bridgehead atoms. The summed E-state index contributed by atoms with van der Waals surface area (Å²) in [4.78, 5) is 4.77. The van der Waals surface area contributed by atoms with Gasteiger partial charge in [0.05, 0.1) is 12.2 Å². The molecule has 0 saturated carbocycles. The normalized spacial score (nSPS) is 21.6. The highest BCUT2D eigenvalue weighted by molar-refractivity contribution is 6.31. The van der Waals surface area contributed by atoms with E-state index < -0.39 is 11.7 Å². The number of halogens is 4. The zero-order valence-electron chi connectivity index (χ0n) is 16.0. The molecule has 1 fully saturated rings. The number of benzene rings is 1. The van der Waals surface area contributed by atoms with Crippen LogP contribution in [0.4, 0.5) is 13.2 Å². The van der Waals surface area contributed by atoms with Gasteiger partial charge >= 0.3 is 6.18 Å².